The van der Waals surface area contributed by atoms with E-state index in [1.807, 2.05) is 12.1 Å². The van der Waals surface area contributed by atoms with E-state index < -0.39 is 5.54 Å². The molecule has 1 aliphatic rings. The molecule has 27 heavy (non-hydrogen) atoms. The number of hydrogen-bond donors (Lipinski definition) is 0. The minimum absolute atomic E-state index is 0.649. The summed E-state index contributed by atoms with van der Waals surface area (Å²) in [7, 11) is 0. The van der Waals surface area contributed by atoms with Crippen molar-refractivity contribution in [1.82, 2.24) is 0 Å². The largest absolute Gasteiger partial charge is 0.251 e. The molecule has 0 N–H and O–H groups in total. The molecule has 128 valence electrons. The Morgan fingerprint density at radius 1 is 0.593 bits per heavy atom. The van der Waals surface area contributed by atoms with E-state index in [-0.39, 0.29) is 0 Å². The van der Waals surface area contributed by atoms with Gasteiger partial charge in [-0.05, 0) is 27.5 Å². The Kier molecular flexibility index (Phi) is 3.68. The van der Waals surface area contributed by atoms with Gasteiger partial charge in [-0.2, -0.15) is 0 Å². The highest BCUT2D eigenvalue weighted by atomic mass is 15.0. The molecule has 1 atom stereocenters. The zero-order valence-electron chi connectivity index (χ0n) is 14.8. The lowest BCUT2D eigenvalue weighted by Crippen LogP contribution is -2.34. The van der Waals surface area contributed by atoms with Gasteiger partial charge in [0.1, 0.15) is 6.34 Å². The molecule has 1 heterocycles. The van der Waals surface area contributed by atoms with Gasteiger partial charge < -0.3 is 0 Å². The van der Waals surface area contributed by atoms with E-state index in [9.17, 15) is 0 Å². The van der Waals surface area contributed by atoms with Crippen LogP contribution in [0.4, 0.5) is 0 Å². The van der Waals surface area contributed by atoms with E-state index in [0.29, 0.717) is 0 Å². The Labute approximate surface area is 158 Å². The quantitative estimate of drug-likeness (QED) is 0.460. The lowest BCUT2D eigenvalue weighted by molar-refractivity contribution is 0.757. The maximum absolute atomic E-state index is 4.99. The summed E-state index contributed by atoms with van der Waals surface area (Å²) in [5.41, 5.74) is 3.68. The van der Waals surface area contributed by atoms with E-state index >= 15 is 0 Å². The van der Waals surface area contributed by atoms with Crippen molar-refractivity contribution in [2.24, 2.45) is 9.98 Å². The average molecular weight is 346 g/mol. The van der Waals surface area contributed by atoms with Gasteiger partial charge in [0.2, 0.25) is 0 Å². The number of aliphatic imine (C=N–C) groups is 2. The van der Waals surface area contributed by atoms with E-state index in [4.69, 9.17) is 9.98 Å². The van der Waals surface area contributed by atoms with Gasteiger partial charge in [-0.1, -0.05) is 103 Å². The van der Waals surface area contributed by atoms with Gasteiger partial charge in [-0.15, -0.1) is 0 Å². The van der Waals surface area contributed by atoms with E-state index in [1.54, 1.807) is 6.34 Å². The standard InChI is InChI=1S/C25H18N2/c1-3-11-20(12-4-1)24-25(27-18-26-24,21-14-5-2-6-15-21)23-17-9-13-19-10-7-8-16-22(19)23/h1-18H. The van der Waals surface area contributed by atoms with Crippen LogP contribution in [0.15, 0.2) is 113 Å². The van der Waals surface area contributed by atoms with Crippen molar-refractivity contribution in [3.05, 3.63) is 120 Å². The molecule has 0 bridgehead atoms. The highest BCUT2D eigenvalue weighted by molar-refractivity contribution is 6.17. The Bertz CT molecular complexity index is 1160. The summed E-state index contributed by atoms with van der Waals surface area (Å²) in [6.45, 7) is 0. The molecule has 0 aliphatic carbocycles. The molecule has 4 aromatic carbocycles. The third-order valence-electron chi connectivity index (χ3n) is 5.20. The van der Waals surface area contributed by atoms with Crippen molar-refractivity contribution in [3.8, 4) is 0 Å². The highest BCUT2D eigenvalue weighted by Gasteiger charge is 2.43. The summed E-state index contributed by atoms with van der Waals surface area (Å²) < 4.78 is 0. The summed E-state index contributed by atoms with van der Waals surface area (Å²) in [5.74, 6) is 0. The zero-order chi connectivity index (χ0) is 18.1. The van der Waals surface area contributed by atoms with Gasteiger partial charge in [0, 0.05) is 0 Å². The number of nitrogens with zero attached hydrogens (tertiary/aromatic N) is 2. The first-order valence-corrected chi connectivity index (χ1v) is 9.11. The second-order valence-electron chi connectivity index (χ2n) is 6.69. The monoisotopic (exact) mass is 346 g/mol. The Hall–Kier alpha value is -3.52. The van der Waals surface area contributed by atoms with E-state index in [1.165, 1.54) is 10.8 Å². The van der Waals surface area contributed by atoms with Gasteiger partial charge in [-0.25, -0.2) is 4.99 Å². The molecule has 5 rings (SSSR count). The van der Waals surface area contributed by atoms with Crippen LogP contribution < -0.4 is 0 Å². The summed E-state index contributed by atoms with van der Waals surface area (Å²) in [6.07, 6.45) is 1.71. The molecule has 0 fully saturated rings. The molecule has 0 spiro atoms. The predicted molar refractivity (Wildman–Crippen MR) is 113 cm³/mol. The third kappa shape index (κ3) is 2.42. The second kappa shape index (κ2) is 6.33. The maximum atomic E-state index is 4.99. The van der Waals surface area contributed by atoms with Gasteiger partial charge in [0.05, 0.1) is 5.71 Å². The summed E-state index contributed by atoms with van der Waals surface area (Å²) >= 11 is 0. The average Bonchev–Trinajstić information content (AvgIpc) is 3.20. The van der Waals surface area contributed by atoms with Crippen molar-refractivity contribution in [2.45, 2.75) is 5.54 Å². The number of benzene rings is 4. The topological polar surface area (TPSA) is 24.7 Å². The smallest absolute Gasteiger partial charge is 0.155 e. The molecular formula is C25H18N2. The van der Waals surface area contributed by atoms with Crippen LogP contribution in [0, 0.1) is 0 Å². The number of fused-ring (bicyclic) bond motifs is 1. The van der Waals surface area contributed by atoms with Crippen LogP contribution in [-0.2, 0) is 5.54 Å². The SMILES string of the molecule is C1=NC(c2ccccc2)(c2cccc3ccccc23)C(c2ccccc2)=N1. The molecule has 0 aromatic heterocycles. The van der Waals surface area contributed by atoms with Crippen LogP contribution in [0.25, 0.3) is 10.8 Å². The van der Waals surface area contributed by atoms with Crippen LogP contribution in [0.5, 0.6) is 0 Å². The van der Waals surface area contributed by atoms with Crippen molar-refractivity contribution < 1.29 is 0 Å². The molecule has 0 saturated heterocycles. The molecular weight excluding hydrogens is 328 g/mol. The molecule has 1 aliphatic heterocycles. The lowest BCUT2D eigenvalue weighted by atomic mass is 9.75. The normalized spacial score (nSPS) is 18.6. The van der Waals surface area contributed by atoms with Crippen LogP contribution >= 0.6 is 0 Å². The van der Waals surface area contributed by atoms with Gasteiger partial charge in [-0.3, -0.25) is 4.99 Å². The maximum Gasteiger partial charge on any atom is 0.155 e. The summed E-state index contributed by atoms with van der Waals surface area (Å²) in [5, 5.41) is 2.41. The first-order chi connectivity index (χ1) is 13.4. The van der Waals surface area contributed by atoms with E-state index in [0.717, 1.165) is 22.4 Å². The lowest BCUT2D eigenvalue weighted by Gasteiger charge is -2.31. The number of hydrogen-bond acceptors (Lipinski definition) is 2. The minimum Gasteiger partial charge on any atom is -0.251 e. The van der Waals surface area contributed by atoms with Crippen molar-refractivity contribution >= 4 is 22.8 Å². The van der Waals surface area contributed by atoms with Gasteiger partial charge >= 0.3 is 0 Å². The highest BCUT2D eigenvalue weighted by Crippen LogP contribution is 2.42. The Balaban J connectivity index is 1.86. The minimum atomic E-state index is -0.649. The summed E-state index contributed by atoms with van der Waals surface area (Å²) in [4.78, 5) is 9.73. The van der Waals surface area contributed by atoms with Crippen molar-refractivity contribution in [2.75, 3.05) is 0 Å². The van der Waals surface area contributed by atoms with Crippen molar-refractivity contribution in [3.63, 3.8) is 0 Å². The van der Waals surface area contributed by atoms with Crippen LogP contribution in [0.3, 0.4) is 0 Å². The van der Waals surface area contributed by atoms with Gasteiger partial charge in [0.25, 0.3) is 0 Å². The molecule has 2 heteroatoms. The third-order valence-corrected chi connectivity index (χ3v) is 5.20. The van der Waals surface area contributed by atoms with Gasteiger partial charge in [0.15, 0.2) is 5.54 Å². The van der Waals surface area contributed by atoms with E-state index in [2.05, 4.69) is 91.0 Å². The fourth-order valence-corrected chi connectivity index (χ4v) is 3.99. The van der Waals surface area contributed by atoms with Crippen LogP contribution in [0.1, 0.15) is 16.7 Å². The van der Waals surface area contributed by atoms with Crippen LogP contribution in [0.2, 0.25) is 0 Å². The predicted octanol–water partition coefficient (Wildman–Crippen LogP) is 5.61. The Morgan fingerprint density at radius 2 is 1.26 bits per heavy atom. The molecule has 4 aromatic rings. The molecule has 0 amide bonds. The second-order valence-corrected chi connectivity index (χ2v) is 6.69. The Morgan fingerprint density at radius 3 is 2.07 bits per heavy atom. The fourth-order valence-electron chi connectivity index (χ4n) is 3.99. The first kappa shape index (κ1) is 15.7. The molecule has 0 radical (unpaired) electrons. The molecule has 0 saturated carbocycles. The fraction of sp³-hybridized carbons (Fsp3) is 0.0400. The summed E-state index contributed by atoms with van der Waals surface area (Å²) in [6, 6.07) is 35.7. The van der Waals surface area contributed by atoms with Crippen molar-refractivity contribution in [1.29, 1.82) is 0 Å². The first-order valence-electron chi connectivity index (χ1n) is 9.11. The zero-order valence-corrected chi connectivity index (χ0v) is 14.8. The number of rotatable bonds is 3. The molecule has 1 unspecified atom stereocenters. The van der Waals surface area contributed by atoms with Crippen LogP contribution in [-0.4, -0.2) is 12.1 Å². The molecule has 2 nitrogen and oxygen atoms in total.